The summed E-state index contributed by atoms with van der Waals surface area (Å²) in [5, 5.41) is 3.12. The first kappa shape index (κ1) is 12.1. The highest BCUT2D eigenvalue weighted by atomic mass is 32.1. The molecule has 0 bridgehead atoms. The van der Waals surface area contributed by atoms with Gasteiger partial charge < -0.3 is 10.2 Å². The highest BCUT2D eigenvalue weighted by molar-refractivity contribution is 7.09. The predicted molar refractivity (Wildman–Crippen MR) is 61.9 cm³/mol. The van der Waals surface area contributed by atoms with Gasteiger partial charge in [-0.05, 0) is 13.8 Å². The first-order valence-corrected chi connectivity index (χ1v) is 5.86. The Bertz CT molecular complexity index is 324. The first-order valence-electron chi connectivity index (χ1n) is 4.98. The van der Waals surface area contributed by atoms with Crippen molar-refractivity contribution in [3.63, 3.8) is 0 Å². The van der Waals surface area contributed by atoms with Gasteiger partial charge in [0.05, 0.1) is 17.7 Å². The van der Waals surface area contributed by atoms with E-state index in [0.717, 1.165) is 18.8 Å². The predicted octanol–water partition coefficient (Wildman–Crippen LogP) is 1.02. The van der Waals surface area contributed by atoms with Crippen molar-refractivity contribution >= 4 is 17.2 Å². The Labute approximate surface area is 94.3 Å². The third kappa shape index (κ3) is 3.60. The number of thiazole rings is 1. The van der Waals surface area contributed by atoms with Crippen molar-refractivity contribution in [1.29, 1.82) is 0 Å². The molecular weight excluding hydrogens is 210 g/mol. The van der Waals surface area contributed by atoms with E-state index in [1.807, 2.05) is 26.4 Å². The van der Waals surface area contributed by atoms with Crippen LogP contribution >= 0.6 is 11.3 Å². The number of nitrogens with zero attached hydrogens (tertiary/aromatic N) is 2. The number of rotatable bonds is 5. The SMILES string of the molecule is CCN(C)C(=O)CNCc1scnc1C. The standard InChI is InChI=1S/C10H17N3OS/c1-4-13(3)10(14)6-11-5-9-8(2)12-7-15-9/h7,11H,4-6H2,1-3H3. The number of likely N-dealkylation sites (N-methyl/N-ethyl adjacent to an activating group) is 1. The van der Waals surface area contributed by atoms with E-state index in [9.17, 15) is 4.79 Å². The van der Waals surface area contributed by atoms with E-state index in [-0.39, 0.29) is 5.91 Å². The van der Waals surface area contributed by atoms with E-state index in [4.69, 9.17) is 0 Å². The van der Waals surface area contributed by atoms with Crippen LogP contribution in [0.2, 0.25) is 0 Å². The van der Waals surface area contributed by atoms with Crippen LogP contribution in [0.5, 0.6) is 0 Å². The fourth-order valence-corrected chi connectivity index (χ4v) is 1.84. The molecule has 1 N–H and O–H groups in total. The van der Waals surface area contributed by atoms with Gasteiger partial charge in [0.1, 0.15) is 0 Å². The summed E-state index contributed by atoms with van der Waals surface area (Å²) < 4.78 is 0. The minimum atomic E-state index is 0.125. The van der Waals surface area contributed by atoms with Gasteiger partial charge in [-0.1, -0.05) is 0 Å². The molecule has 4 nitrogen and oxygen atoms in total. The second kappa shape index (κ2) is 5.82. The monoisotopic (exact) mass is 227 g/mol. The number of hydrogen-bond acceptors (Lipinski definition) is 4. The highest BCUT2D eigenvalue weighted by Crippen LogP contribution is 2.10. The van der Waals surface area contributed by atoms with Gasteiger partial charge in [0.25, 0.3) is 0 Å². The number of aromatic nitrogens is 1. The van der Waals surface area contributed by atoms with Gasteiger partial charge in [-0.15, -0.1) is 11.3 Å². The molecule has 0 saturated heterocycles. The largest absolute Gasteiger partial charge is 0.345 e. The molecule has 84 valence electrons. The van der Waals surface area contributed by atoms with Gasteiger partial charge in [-0.2, -0.15) is 0 Å². The molecule has 0 atom stereocenters. The van der Waals surface area contributed by atoms with Gasteiger partial charge >= 0.3 is 0 Å². The van der Waals surface area contributed by atoms with Crippen molar-refractivity contribution in [3.05, 3.63) is 16.1 Å². The second-order valence-electron chi connectivity index (χ2n) is 3.37. The van der Waals surface area contributed by atoms with Crippen LogP contribution < -0.4 is 5.32 Å². The zero-order chi connectivity index (χ0) is 11.3. The molecule has 0 fully saturated rings. The summed E-state index contributed by atoms with van der Waals surface area (Å²) in [5.74, 6) is 0.125. The molecule has 0 saturated carbocycles. The Morgan fingerprint density at radius 3 is 2.93 bits per heavy atom. The number of carbonyl (C=O) groups excluding carboxylic acids is 1. The number of amides is 1. The third-order valence-electron chi connectivity index (χ3n) is 2.31. The minimum Gasteiger partial charge on any atom is -0.345 e. The fourth-order valence-electron chi connectivity index (χ4n) is 1.09. The maximum Gasteiger partial charge on any atom is 0.236 e. The molecule has 0 aliphatic carbocycles. The Balaban J connectivity index is 2.28. The van der Waals surface area contributed by atoms with Crippen LogP contribution in [0.15, 0.2) is 5.51 Å². The average Bonchev–Trinajstić information content (AvgIpc) is 2.63. The van der Waals surface area contributed by atoms with Crippen molar-refractivity contribution < 1.29 is 4.79 Å². The summed E-state index contributed by atoms with van der Waals surface area (Å²) >= 11 is 1.62. The summed E-state index contributed by atoms with van der Waals surface area (Å²) in [6, 6.07) is 0. The maximum absolute atomic E-state index is 11.4. The Morgan fingerprint density at radius 1 is 1.67 bits per heavy atom. The van der Waals surface area contributed by atoms with Crippen molar-refractivity contribution in [2.75, 3.05) is 20.1 Å². The smallest absolute Gasteiger partial charge is 0.236 e. The van der Waals surface area contributed by atoms with Gasteiger partial charge in [0, 0.05) is 25.0 Å². The van der Waals surface area contributed by atoms with E-state index < -0.39 is 0 Å². The molecule has 1 heterocycles. The molecule has 1 aromatic heterocycles. The lowest BCUT2D eigenvalue weighted by molar-refractivity contribution is -0.128. The van der Waals surface area contributed by atoms with Crippen LogP contribution in [0.3, 0.4) is 0 Å². The van der Waals surface area contributed by atoms with Crippen molar-refractivity contribution in [1.82, 2.24) is 15.2 Å². The van der Waals surface area contributed by atoms with E-state index in [2.05, 4.69) is 10.3 Å². The van der Waals surface area contributed by atoms with Crippen LogP contribution in [-0.2, 0) is 11.3 Å². The molecule has 1 aromatic rings. The summed E-state index contributed by atoms with van der Waals surface area (Å²) in [5.41, 5.74) is 2.87. The van der Waals surface area contributed by atoms with E-state index in [1.54, 1.807) is 16.2 Å². The lowest BCUT2D eigenvalue weighted by Crippen LogP contribution is -2.35. The fraction of sp³-hybridized carbons (Fsp3) is 0.600. The lowest BCUT2D eigenvalue weighted by Gasteiger charge is -2.14. The maximum atomic E-state index is 11.4. The summed E-state index contributed by atoms with van der Waals surface area (Å²) in [7, 11) is 1.81. The van der Waals surface area contributed by atoms with Crippen LogP contribution in [0, 0.1) is 6.92 Å². The lowest BCUT2D eigenvalue weighted by atomic mass is 10.4. The molecule has 1 rings (SSSR count). The van der Waals surface area contributed by atoms with Gasteiger partial charge in [0.15, 0.2) is 0 Å². The van der Waals surface area contributed by atoms with Crippen LogP contribution in [0.25, 0.3) is 0 Å². The molecule has 0 aromatic carbocycles. The molecular formula is C10H17N3OS. The number of hydrogen-bond donors (Lipinski definition) is 1. The zero-order valence-electron chi connectivity index (χ0n) is 9.41. The summed E-state index contributed by atoms with van der Waals surface area (Å²) in [6.07, 6.45) is 0. The van der Waals surface area contributed by atoms with Crippen LogP contribution in [0.1, 0.15) is 17.5 Å². The normalized spacial score (nSPS) is 10.3. The zero-order valence-corrected chi connectivity index (χ0v) is 10.2. The number of carbonyl (C=O) groups is 1. The highest BCUT2D eigenvalue weighted by Gasteiger charge is 2.06. The van der Waals surface area contributed by atoms with E-state index in [1.165, 1.54) is 4.88 Å². The topological polar surface area (TPSA) is 45.2 Å². The van der Waals surface area contributed by atoms with Crippen molar-refractivity contribution in [2.45, 2.75) is 20.4 Å². The molecule has 0 aliphatic rings. The van der Waals surface area contributed by atoms with E-state index in [0.29, 0.717) is 6.54 Å². The number of aryl methyl sites for hydroxylation is 1. The molecule has 0 radical (unpaired) electrons. The van der Waals surface area contributed by atoms with E-state index >= 15 is 0 Å². The Kier molecular flexibility index (Phi) is 4.71. The second-order valence-corrected chi connectivity index (χ2v) is 4.31. The average molecular weight is 227 g/mol. The molecule has 1 amide bonds. The Morgan fingerprint density at radius 2 is 2.40 bits per heavy atom. The molecule has 15 heavy (non-hydrogen) atoms. The summed E-state index contributed by atoms with van der Waals surface area (Å²) in [4.78, 5) is 18.5. The molecule has 0 unspecified atom stereocenters. The van der Waals surface area contributed by atoms with Crippen LogP contribution in [0.4, 0.5) is 0 Å². The van der Waals surface area contributed by atoms with Gasteiger partial charge in [-0.25, -0.2) is 4.98 Å². The van der Waals surface area contributed by atoms with Crippen molar-refractivity contribution in [3.8, 4) is 0 Å². The molecule has 5 heteroatoms. The van der Waals surface area contributed by atoms with Crippen molar-refractivity contribution in [2.24, 2.45) is 0 Å². The first-order chi connectivity index (χ1) is 7.15. The van der Waals surface area contributed by atoms with Gasteiger partial charge in [-0.3, -0.25) is 4.79 Å². The Hall–Kier alpha value is -0.940. The summed E-state index contributed by atoms with van der Waals surface area (Å²) in [6.45, 7) is 5.81. The van der Waals surface area contributed by atoms with Crippen LogP contribution in [-0.4, -0.2) is 35.9 Å². The molecule has 0 spiro atoms. The third-order valence-corrected chi connectivity index (χ3v) is 3.24. The minimum absolute atomic E-state index is 0.125. The van der Waals surface area contributed by atoms with Gasteiger partial charge in [0.2, 0.25) is 5.91 Å². The quantitative estimate of drug-likeness (QED) is 0.817. The number of nitrogens with one attached hydrogen (secondary N) is 1. The molecule has 0 aliphatic heterocycles.